The van der Waals surface area contributed by atoms with E-state index in [1.807, 2.05) is 0 Å². The second kappa shape index (κ2) is 23.5. The van der Waals surface area contributed by atoms with Gasteiger partial charge >= 0.3 is 5.97 Å². The summed E-state index contributed by atoms with van der Waals surface area (Å²) in [7, 11) is -1.76. The van der Waals surface area contributed by atoms with Gasteiger partial charge in [-0.25, -0.2) is 13.2 Å². The molecule has 0 fully saturated rings. The first-order valence-electron chi connectivity index (χ1n) is 18.2. The molecule has 0 heterocycles. The predicted octanol–water partition coefficient (Wildman–Crippen LogP) is 5.61. The summed E-state index contributed by atoms with van der Waals surface area (Å²) in [5.74, 6) is -3.00. The summed E-state index contributed by atoms with van der Waals surface area (Å²) in [5.41, 5.74) is 3.04. The molecule has 0 aliphatic rings. The average molecular weight is 725 g/mol. The number of nitrogens with two attached hydrogens (primary N) is 1. The number of ether oxygens (including phenoxy) is 3. The highest BCUT2D eigenvalue weighted by Crippen LogP contribution is 2.26. The number of esters is 1. The number of rotatable bonds is 27. The third-order valence-electron chi connectivity index (χ3n) is 8.17. The van der Waals surface area contributed by atoms with E-state index in [0.717, 1.165) is 56.9 Å². The van der Waals surface area contributed by atoms with Crippen LogP contribution in [0.2, 0.25) is 0 Å². The summed E-state index contributed by atoms with van der Waals surface area (Å²) >= 11 is 0. The molecule has 286 valence electrons. The fourth-order valence-electron chi connectivity index (χ4n) is 5.30. The van der Waals surface area contributed by atoms with Crippen molar-refractivity contribution in [2.75, 3.05) is 31.8 Å². The third kappa shape index (κ3) is 18.3. The van der Waals surface area contributed by atoms with Crippen molar-refractivity contribution in [3.05, 3.63) is 42.0 Å². The zero-order valence-corrected chi connectivity index (χ0v) is 32.2. The van der Waals surface area contributed by atoms with Gasteiger partial charge in [0.25, 0.3) is 0 Å². The first kappa shape index (κ1) is 45.1. The normalized spacial score (nSPS) is 14.5. The van der Waals surface area contributed by atoms with Gasteiger partial charge in [0.05, 0.1) is 30.6 Å². The van der Waals surface area contributed by atoms with E-state index in [0.29, 0.717) is 38.0 Å². The minimum absolute atomic E-state index is 0.0798. The molecule has 0 unspecified atom stereocenters. The van der Waals surface area contributed by atoms with E-state index in [1.54, 1.807) is 51.1 Å². The second-order valence-corrected chi connectivity index (χ2v) is 16.4. The molecule has 0 aliphatic heterocycles. The number of primary amides is 1. The van der Waals surface area contributed by atoms with Crippen molar-refractivity contribution in [2.24, 2.45) is 11.7 Å². The molecule has 2 amide bonds. The van der Waals surface area contributed by atoms with Crippen LogP contribution in [0.5, 0.6) is 5.75 Å². The van der Waals surface area contributed by atoms with Crippen molar-refractivity contribution in [3.63, 3.8) is 0 Å². The largest absolute Gasteiger partial charge is 0.494 e. The first-order valence-corrected chi connectivity index (χ1v) is 20.0. The minimum Gasteiger partial charge on any atom is -0.494 e. The number of amides is 2. The molecule has 0 radical (unpaired) electrons. The van der Waals surface area contributed by atoms with E-state index in [1.165, 1.54) is 13.2 Å². The number of aliphatic hydroxyl groups is 1. The lowest BCUT2D eigenvalue weighted by molar-refractivity contribution is -0.189. The van der Waals surface area contributed by atoms with E-state index in [-0.39, 0.29) is 17.9 Å². The van der Waals surface area contributed by atoms with Crippen LogP contribution in [0.3, 0.4) is 0 Å². The van der Waals surface area contributed by atoms with Crippen LogP contribution in [0.4, 0.5) is 0 Å². The van der Waals surface area contributed by atoms with Gasteiger partial charge in [-0.1, -0.05) is 83.1 Å². The first-order chi connectivity index (χ1) is 23.6. The lowest BCUT2D eigenvalue weighted by Crippen LogP contribution is -2.58. The molecule has 0 aliphatic carbocycles. The number of hydrogen-bond acceptors (Lipinski definition) is 9. The predicted molar refractivity (Wildman–Crippen MR) is 197 cm³/mol. The molecule has 1 rings (SSSR count). The van der Waals surface area contributed by atoms with Crippen molar-refractivity contribution in [1.29, 1.82) is 0 Å². The van der Waals surface area contributed by atoms with Crippen molar-refractivity contribution < 1.29 is 42.1 Å². The van der Waals surface area contributed by atoms with Gasteiger partial charge in [-0.15, -0.1) is 0 Å². The summed E-state index contributed by atoms with van der Waals surface area (Å²) in [4.78, 5) is 39.6. The monoisotopic (exact) mass is 724 g/mol. The zero-order chi connectivity index (χ0) is 37.6. The highest BCUT2D eigenvalue weighted by atomic mass is 32.2. The number of methoxy groups -OCH3 is 1. The fourth-order valence-corrected chi connectivity index (χ4v) is 6.79. The number of sulfone groups is 1. The summed E-state index contributed by atoms with van der Waals surface area (Å²) in [6.45, 7) is 9.18. The SMILES string of the molecule is CCCCCCCS(=O)(=O)CCCCCC/C=C/[C@H](C(=O)N[C@@H](Cc1ccc(OCCCC)cc1)C(N)=O)[C@@](O)(COC)C(=O)OC(C)(C)C. The lowest BCUT2D eigenvalue weighted by atomic mass is 9.85. The molecule has 0 spiro atoms. The standard InChI is InChI=1S/C38H64N2O9S/c1-7-9-11-15-18-26-50(45,46)27-19-16-13-12-14-17-20-32(38(44,29-47-6)36(43)49-37(3,4)5)35(42)40-33(34(39)41)28-30-21-23-31(24-22-30)48-25-10-8-2/h17,20-24,32-33,44H,7-16,18-19,25-29H2,1-6H3,(H2,39,41)(H,40,42)/b20-17+/t32-,33+,38+/m1/s1. The van der Waals surface area contributed by atoms with Gasteiger partial charge in [-0.05, 0) is 70.6 Å². The lowest BCUT2D eigenvalue weighted by Gasteiger charge is -2.34. The van der Waals surface area contributed by atoms with Gasteiger partial charge in [0.15, 0.2) is 0 Å². The maximum Gasteiger partial charge on any atom is 0.342 e. The van der Waals surface area contributed by atoms with E-state index in [4.69, 9.17) is 19.9 Å². The Kier molecular flexibility index (Phi) is 21.2. The number of benzene rings is 1. The van der Waals surface area contributed by atoms with E-state index >= 15 is 0 Å². The van der Waals surface area contributed by atoms with Crippen LogP contribution in [-0.2, 0) is 40.1 Å². The molecule has 3 atom stereocenters. The summed E-state index contributed by atoms with van der Waals surface area (Å²) < 4.78 is 41.1. The topological polar surface area (TPSA) is 171 Å². The summed E-state index contributed by atoms with van der Waals surface area (Å²) in [6.07, 6.45) is 13.4. The van der Waals surface area contributed by atoms with Gasteiger partial charge < -0.3 is 30.4 Å². The van der Waals surface area contributed by atoms with Crippen molar-refractivity contribution in [3.8, 4) is 5.75 Å². The van der Waals surface area contributed by atoms with Crippen LogP contribution in [0.1, 0.15) is 117 Å². The van der Waals surface area contributed by atoms with Crippen molar-refractivity contribution in [1.82, 2.24) is 5.32 Å². The average Bonchev–Trinajstić information content (AvgIpc) is 3.03. The van der Waals surface area contributed by atoms with Crippen molar-refractivity contribution in [2.45, 2.75) is 135 Å². The highest BCUT2D eigenvalue weighted by Gasteiger charge is 2.49. The molecule has 12 heteroatoms. The van der Waals surface area contributed by atoms with Gasteiger partial charge in [0.1, 0.15) is 27.2 Å². The van der Waals surface area contributed by atoms with Crippen LogP contribution in [0.25, 0.3) is 0 Å². The molecule has 11 nitrogen and oxygen atoms in total. The van der Waals surface area contributed by atoms with Crippen LogP contribution < -0.4 is 15.8 Å². The Hall–Kier alpha value is -2.96. The number of hydrogen-bond donors (Lipinski definition) is 3. The fraction of sp³-hybridized carbons (Fsp3) is 0.711. The Morgan fingerprint density at radius 2 is 1.48 bits per heavy atom. The zero-order valence-electron chi connectivity index (χ0n) is 31.3. The third-order valence-corrected chi connectivity index (χ3v) is 9.99. The van der Waals surface area contributed by atoms with Crippen LogP contribution in [-0.4, -0.2) is 80.4 Å². The maximum atomic E-state index is 13.8. The van der Waals surface area contributed by atoms with Crippen molar-refractivity contribution >= 4 is 27.6 Å². The molecule has 0 saturated heterocycles. The molecular weight excluding hydrogens is 660 g/mol. The maximum absolute atomic E-state index is 13.8. The summed E-state index contributed by atoms with van der Waals surface area (Å²) in [5, 5.41) is 14.3. The quantitative estimate of drug-likeness (QED) is 0.0593. The minimum atomic E-state index is -3.05. The Morgan fingerprint density at radius 1 is 0.900 bits per heavy atom. The highest BCUT2D eigenvalue weighted by molar-refractivity contribution is 7.91. The van der Waals surface area contributed by atoms with Gasteiger partial charge in [0, 0.05) is 13.5 Å². The summed E-state index contributed by atoms with van der Waals surface area (Å²) in [6, 6.07) is 6.00. The smallest absolute Gasteiger partial charge is 0.342 e. The molecule has 1 aromatic carbocycles. The molecule has 0 bridgehead atoms. The second-order valence-electron chi connectivity index (χ2n) is 14.0. The van der Waals surface area contributed by atoms with E-state index in [2.05, 4.69) is 19.2 Å². The number of carbonyl (C=O) groups excluding carboxylic acids is 3. The number of nitrogens with one attached hydrogen (secondary N) is 1. The molecule has 1 aromatic rings. The van der Waals surface area contributed by atoms with Crippen LogP contribution in [0, 0.1) is 5.92 Å². The van der Waals surface area contributed by atoms with Gasteiger partial charge in [-0.3, -0.25) is 9.59 Å². The molecule has 0 aromatic heterocycles. The van der Waals surface area contributed by atoms with E-state index in [9.17, 15) is 27.9 Å². The molecule has 4 N–H and O–H groups in total. The Balaban J connectivity index is 2.99. The Morgan fingerprint density at radius 3 is 2.02 bits per heavy atom. The number of unbranched alkanes of at least 4 members (excludes halogenated alkanes) is 9. The Labute approximate surface area is 301 Å². The molecular formula is C38H64N2O9S. The van der Waals surface area contributed by atoms with Gasteiger partial charge in [-0.2, -0.15) is 0 Å². The van der Waals surface area contributed by atoms with Gasteiger partial charge in [0.2, 0.25) is 17.4 Å². The Bertz CT molecular complexity index is 1280. The van der Waals surface area contributed by atoms with E-state index < -0.39 is 57.4 Å². The van der Waals surface area contributed by atoms with Crippen LogP contribution >= 0.6 is 0 Å². The van der Waals surface area contributed by atoms with Crippen LogP contribution in [0.15, 0.2) is 36.4 Å². The number of allylic oxidation sites excluding steroid dienone is 1. The number of carbonyl (C=O) groups is 3. The molecule has 50 heavy (non-hydrogen) atoms. The molecule has 0 saturated carbocycles.